The van der Waals surface area contributed by atoms with E-state index < -0.39 is 11.9 Å². The molecule has 0 saturated heterocycles. The van der Waals surface area contributed by atoms with Gasteiger partial charge >= 0.3 is 5.97 Å². The summed E-state index contributed by atoms with van der Waals surface area (Å²) in [5, 5.41) is 17.7. The molecule has 0 radical (unpaired) electrons. The Bertz CT molecular complexity index is 596. The molecule has 2 aromatic rings. The van der Waals surface area contributed by atoms with Gasteiger partial charge in [0.25, 0.3) is 5.91 Å². The number of anilines is 1. The summed E-state index contributed by atoms with van der Waals surface area (Å²) in [6.07, 6.45) is 1.44. The fourth-order valence-corrected chi connectivity index (χ4v) is 1.74. The number of aromatic amines is 1. The first-order chi connectivity index (χ1) is 8.58. The number of rotatable bonds is 3. The standard InChI is InChI=1S/C11H8BrN3O3/c12-6-1-2-8(7(5-6)11(17)18)14-10(16)9-3-4-13-15-9/h1-5H,(H,13,15)(H,14,16)(H,17,18). The highest BCUT2D eigenvalue weighted by molar-refractivity contribution is 9.10. The Kier molecular flexibility index (Phi) is 3.42. The zero-order chi connectivity index (χ0) is 13.1. The molecular weight excluding hydrogens is 302 g/mol. The lowest BCUT2D eigenvalue weighted by Crippen LogP contribution is -2.15. The normalized spacial score (nSPS) is 10.1. The lowest BCUT2D eigenvalue weighted by molar-refractivity contribution is 0.0698. The number of nitrogens with zero attached hydrogens (tertiary/aromatic N) is 1. The van der Waals surface area contributed by atoms with Crippen LogP contribution in [0.5, 0.6) is 0 Å². The Labute approximate surface area is 110 Å². The molecule has 1 amide bonds. The van der Waals surface area contributed by atoms with Gasteiger partial charge in [0, 0.05) is 10.7 Å². The molecule has 0 aliphatic carbocycles. The smallest absolute Gasteiger partial charge is 0.337 e. The number of aromatic carboxylic acids is 1. The van der Waals surface area contributed by atoms with Crippen molar-refractivity contribution in [2.24, 2.45) is 0 Å². The number of carbonyl (C=O) groups excluding carboxylic acids is 1. The van der Waals surface area contributed by atoms with Gasteiger partial charge in [0.05, 0.1) is 11.3 Å². The highest BCUT2D eigenvalue weighted by Crippen LogP contribution is 2.21. The Morgan fingerprint density at radius 1 is 1.33 bits per heavy atom. The third-order valence-corrected chi connectivity index (χ3v) is 2.70. The maximum Gasteiger partial charge on any atom is 0.337 e. The van der Waals surface area contributed by atoms with E-state index in [-0.39, 0.29) is 16.9 Å². The second-order valence-corrected chi connectivity index (χ2v) is 4.34. The third kappa shape index (κ3) is 2.57. The summed E-state index contributed by atoms with van der Waals surface area (Å²) < 4.78 is 0.624. The minimum Gasteiger partial charge on any atom is -0.478 e. The second kappa shape index (κ2) is 5.01. The zero-order valence-electron chi connectivity index (χ0n) is 8.98. The number of carboxylic acids is 1. The summed E-state index contributed by atoms with van der Waals surface area (Å²) in [6, 6.07) is 6.08. The molecule has 0 bridgehead atoms. The quantitative estimate of drug-likeness (QED) is 0.809. The van der Waals surface area contributed by atoms with Crippen molar-refractivity contribution in [1.82, 2.24) is 10.2 Å². The number of nitrogens with one attached hydrogen (secondary N) is 2. The number of carboxylic acid groups (broad SMARTS) is 1. The lowest BCUT2D eigenvalue weighted by atomic mass is 10.2. The van der Waals surface area contributed by atoms with Gasteiger partial charge in [-0.15, -0.1) is 0 Å². The molecule has 3 N–H and O–H groups in total. The van der Waals surface area contributed by atoms with E-state index in [1.165, 1.54) is 24.4 Å². The van der Waals surface area contributed by atoms with E-state index >= 15 is 0 Å². The molecular formula is C11H8BrN3O3. The first kappa shape index (κ1) is 12.3. The summed E-state index contributed by atoms with van der Waals surface area (Å²) in [4.78, 5) is 22.8. The number of carbonyl (C=O) groups is 2. The predicted molar refractivity (Wildman–Crippen MR) is 67.6 cm³/mol. The Hall–Kier alpha value is -2.15. The SMILES string of the molecule is O=C(Nc1ccc(Br)cc1C(=O)O)c1ccn[nH]1. The van der Waals surface area contributed by atoms with E-state index in [0.29, 0.717) is 4.47 Å². The van der Waals surface area contributed by atoms with E-state index in [9.17, 15) is 9.59 Å². The van der Waals surface area contributed by atoms with Crippen molar-refractivity contribution in [2.45, 2.75) is 0 Å². The van der Waals surface area contributed by atoms with Crippen molar-refractivity contribution in [3.63, 3.8) is 0 Å². The molecule has 0 aliphatic rings. The van der Waals surface area contributed by atoms with Crippen LogP contribution in [0, 0.1) is 0 Å². The monoisotopic (exact) mass is 309 g/mol. The Morgan fingerprint density at radius 2 is 2.11 bits per heavy atom. The Morgan fingerprint density at radius 3 is 2.72 bits per heavy atom. The number of hydrogen-bond donors (Lipinski definition) is 3. The summed E-state index contributed by atoms with van der Waals surface area (Å²) in [5.41, 5.74) is 0.497. The molecule has 1 heterocycles. The molecule has 0 spiro atoms. The summed E-state index contributed by atoms with van der Waals surface area (Å²) in [7, 11) is 0. The molecule has 0 saturated carbocycles. The Balaban J connectivity index is 2.29. The van der Waals surface area contributed by atoms with Gasteiger partial charge in [0.2, 0.25) is 0 Å². The maximum atomic E-state index is 11.7. The molecule has 0 atom stereocenters. The second-order valence-electron chi connectivity index (χ2n) is 3.42. The van der Waals surface area contributed by atoms with Crippen molar-refractivity contribution < 1.29 is 14.7 Å². The number of H-pyrrole nitrogens is 1. The predicted octanol–water partition coefficient (Wildman–Crippen LogP) is 2.12. The summed E-state index contributed by atoms with van der Waals surface area (Å²) >= 11 is 3.18. The van der Waals surface area contributed by atoms with Gasteiger partial charge in [-0.1, -0.05) is 15.9 Å². The van der Waals surface area contributed by atoms with Gasteiger partial charge in [-0.2, -0.15) is 5.10 Å². The van der Waals surface area contributed by atoms with Crippen LogP contribution in [0.15, 0.2) is 34.9 Å². The number of aromatic nitrogens is 2. The van der Waals surface area contributed by atoms with Gasteiger partial charge in [0.1, 0.15) is 5.69 Å². The van der Waals surface area contributed by atoms with Crippen LogP contribution in [0.1, 0.15) is 20.8 Å². The molecule has 0 unspecified atom stereocenters. The summed E-state index contributed by atoms with van der Waals surface area (Å²) in [5.74, 6) is -1.56. The fourth-order valence-electron chi connectivity index (χ4n) is 1.37. The van der Waals surface area contributed by atoms with Crippen LogP contribution in [0.3, 0.4) is 0 Å². The maximum absolute atomic E-state index is 11.7. The number of amides is 1. The average molecular weight is 310 g/mol. The largest absolute Gasteiger partial charge is 0.478 e. The fraction of sp³-hybridized carbons (Fsp3) is 0. The van der Waals surface area contributed by atoms with Gasteiger partial charge < -0.3 is 10.4 Å². The van der Waals surface area contributed by atoms with Crippen LogP contribution in [0.4, 0.5) is 5.69 Å². The van der Waals surface area contributed by atoms with Crippen LogP contribution in [-0.2, 0) is 0 Å². The van der Waals surface area contributed by atoms with Crippen molar-refractivity contribution >= 4 is 33.5 Å². The molecule has 92 valence electrons. The first-order valence-electron chi connectivity index (χ1n) is 4.91. The zero-order valence-corrected chi connectivity index (χ0v) is 10.6. The first-order valence-corrected chi connectivity index (χ1v) is 5.71. The van der Waals surface area contributed by atoms with Gasteiger partial charge in [-0.05, 0) is 24.3 Å². The molecule has 0 aliphatic heterocycles. The van der Waals surface area contributed by atoms with Crippen LogP contribution in [-0.4, -0.2) is 27.2 Å². The van der Waals surface area contributed by atoms with Crippen molar-refractivity contribution in [3.8, 4) is 0 Å². The summed E-state index contributed by atoms with van der Waals surface area (Å²) in [6.45, 7) is 0. The van der Waals surface area contributed by atoms with Crippen molar-refractivity contribution in [1.29, 1.82) is 0 Å². The van der Waals surface area contributed by atoms with Gasteiger partial charge in [0.15, 0.2) is 0 Å². The highest BCUT2D eigenvalue weighted by Gasteiger charge is 2.14. The van der Waals surface area contributed by atoms with Crippen LogP contribution in [0.25, 0.3) is 0 Å². The van der Waals surface area contributed by atoms with E-state index in [4.69, 9.17) is 5.11 Å². The molecule has 0 fully saturated rings. The van der Waals surface area contributed by atoms with Crippen molar-refractivity contribution in [2.75, 3.05) is 5.32 Å². The van der Waals surface area contributed by atoms with Gasteiger partial charge in [-0.3, -0.25) is 9.89 Å². The van der Waals surface area contributed by atoms with Gasteiger partial charge in [-0.25, -0.2) is 4.79 Å². The minimum absolute atomic E-state index is 0.0113. The average Bonchev–Trinajstić information content (AvgIpc) is 2.84. The molecule has 6 nitrogen and oxygen atoms in total. The van der Waals surface area contributed by atoms with Crippen LogP contribution in [0.2, 0.25) is 0 Å². The van der Waals surface area contributed by atoms with E-state index in [1.807, 2.05) is 0 Å². The molecule has 1 aromatic carbocycles. The molecule has 18 heavy (non-hydrogen) atoms. The van der Waals surface area contributed by atoms with Crippen molar-refractivity contribution in [3.05, 3.63) is 46.2 Å². The van der Waals surface area contributed by atoms with E-state index in [1.54, 1.807) is 6.07 Å². The molecule has 7 heteroatoms. The lowest BCUT2D eigenvalue weighted by Gasteiger charge is -2.07. The third-order valence-electron chi connectivity index (χ3n) is 2.21. The number of hydrogen-bond acceptors (Lipinski definition) is 3. The minimum atomic E-state index is -1.11. The van der Waals surface area contributed by atoms with E-state index in [0.717, 1.165) is 0 Å². The topological polar surface area (TPSA) is 95.1 Å². The molecule has 2 rings (SSSR count). The number of benzene rings is 1. The highest BCUT2D eigenvalue weighted by atomic mass is 79.9. The van der Waals surface area contributed by atoms with Crippen LogP contribution >= 0.6 is 15.9 Å². The van der Waals surface area contributed by atoms with E-state index in [2.05, 4.69) is 31.4 Å². The number of halogens is 1. The molecule has 1 aromatic heterocycles. The van der Waals surface area contributed by atoms with Crippen LogP contribution < -0.4 is 5.32 Å².